The van der Waals surface area contributed by atoms with E-state index in [1.807, 2.05) is 0 Å². The number of benzene rings is 2. The van der Waals surface area contributed by atoms with Crippen molar-refractivity contribution in [3.05, 3.63) is 68.7 Å². The second kappa shape index (κ2) is 20.6. The van der Waals surface area contributed by atoms with Gasteiger partial charge in [0.05, 0.1) is 4.47 Å². The van der Waals surface area contributed by atoms with Crippen LogP contribution in [0, 0.1) is 23.3 Å². The summed E-state index contributed by atoms with van der Waals surface area (Å²) in [4.78, 5) is 31.9. The maximum atomic E-state index is 13.2. The predicted molar refractivity (Wildman–Crippen MR) is 115 cm³/mol. The molecule has 0 amide bonds. The van der Waals surface area contributed by atoms with E-state index in [2.05, 4.69) is 20.8 Å². The molecule has 0 saturated heterocycles. The van der Waals surface area contributed by atoms with Crippen LogP contribution in [0.2, 0.25) is 5.82 Å². The van der Waals surface area contributed by atoms with E-state index in [0.717, 1.165) is 43.9 Å². The molecule has 0 atom stereocenters. The molecule has 0 aromatic heterocycles. The van der Waals surface area contributed by atoms with Gasteiger partial charge in [0.1, 0.15) is 23.3 Å². The van der Waals surface area contributed by atoms with Crippen molar-refractivity contribution in [3.63, 3.8) is 0 Å². The van der Waals surface area contributed by atoms with E-state index in [9.17, 15) is 27.2 Å². The van der Waals surface area contributed by atoms with Crippen molar-refractivity contribution in [3.8, 4) is 0 Å². The van der Waals surface area contributed by atoms with E-state index in [1.165, 1.54) is 0 Å². The molecule has 36 heavy (non-hydrogen) atoms. The zero-order valence-electron chi connectivity index (χ0n) is 20.4. The molecular formula is C21H20BBrF4K2O7. The smallest absolute Gasteiger partial charge is 1.00 e. The van der Waals surface area contributed by atoms with Crippen LogP contribution in [0.3, 0.4) is 0 Å². The maximum absolute atomic E-state index is 13.2. The minimum atomic E-state index is -1.04. The van der Waals surface area contributed by atoms with Gasteiger partial charge in [0.15, 0.2) is 12.6 Å². The Bertz CT molecular complexity index is 1000. The molecule has 0 aliphatic heterocycles. The van der Waals surface area contributed by atoms with Crippen LogP contribution < -0.4 is 108 Å². The first kappa shape index (κ1) is 38.8. The molecule has 0 spiro atoms. The number of halogens is 5. The monoisotopic (exact) mass is 628 g/mol. The van der Waals surface area contributed by atoms with Gasteiger partial charge >= 0.3 is 110 Å². The van der Waals surface area contributed by atoms with Crippen molar-refractivity contribution < 1.29 is 156 Å². The zero-order chi connectivity index (χ0) is 25.8. The van der Waals surface area contributed by atoms with Gasteiger partial charge < -0.3 is 21.6 Å². The minimum absolute atomic E-state index is 0. The van der Waals surface area contributed by atoms with Crippen molar-refractivity contribution >= 4 is 42.1 Å². The van der Waals surface area contributed by atoms with Gasteiger partial charge in [-0.25, -0.2) is 17.6 Å². The number of aldehydes is 2. The van der Waals surface area contributed by atoms with Gasteiger partial charge in [-0.2, -0.15) is 0 Å². The second-order valence-electron chi connectivity index (χ2n) is 7.13. The molecule has 2 N–H and O–H groups in total. The Morgan fingerprint density at radius 2 is 1.33 bits per heavy atom. The SMILES string of the molecule is O=CO[O-].O=Cc1cc(F)cc(F)c1Br.O=Cc1cc(F)cc(F)c1C1CC1.OB(O)C1CC1.[H-].[K+].[K+]. The van der Waals surface area contributed by atoms with Crippen LogP contribution in [0.4, 0.5) is 17.6 Å². The van der Waals surface area contributed by atoms with Crippen LogP contribution in [-0.2, 0) is 9.68 Å². The molecule has 2 aromatic rings. The Kier molecular flexibility index (Phi) is 22.2. The van der Waals surface area contributed by atoms with Gasteiger partial charge in [0, 0.05) is 28.8 Å². The fraction of sp³-hybridized carbons (Fsp3) is 0.286. The summed E-state index contributed by atoms with van der Waals surface area (Å²) in [6.45, 7) is -0.181. The molecule has 2 aliphatic carbocycles. The minimum Gasteiger partial charge on any atom is -1.00 e. The molecule has 2 saturated carbocycles. The number of rotatable bonds is 5. The Morgan fingerprint density at radius 1 is 0.889 bits per heavy atom. The van der Waals surface area contributed by atoms with Gasteiger partial charge in [0.25, 0.3) is 6.47 Å². The summed E-state index contributed by atoms with van der Waals surface area (Å²) in [7, 11) is -1.04. The third-order valence-corrected chi connectivity index (χ3v) is 5.31. The van der Waals surface area contributed by atoms with Crippen LogP contribution in [0.15, 0.2) is 28.7 Å². The molecule has 0 radical (unpaired) electrons. The van der Waals surface area contributed by atoms with Gasteiger partial charge in [-0.05, 0) is 52.6 Å². The van der Waals surface area contributed by atoms with Crippen LogP contribution in [0.5, 0.6) is 0 Å². The molecule has 0 heterocycles. The quantitative estimate of drug-likeness (QED) is 0.0928. The van der Waals surface area contributed by atoms with E-state index in [0.29, 0.717) is 24.2 Å². The predicted octanol–water partition coefficient (Wildman–Crippen LogP) is -2.63. The molecule has 2 fully saturated rings. The Morgan fingerprint density at radius 3 is 1.67 bits per heavy atom. The topological polar surface area (TPSA) is 124 Å². The van der Waals surface area contributed by atoms with Crippen LogP contribution >= 0.6 is 15.9 Å². The molecule has 186 valence electrons. The van der Waals surface area contributed by atoms with E-state index in [-0.39, 0.29) is 138 Å². The molecule has 15 heteroatoms. The molecular weight excluding hydrogens is 609 g/mol. The summed E-state index contributed by atoms with van der Waals surface area (Å²) in [6, 6.07) is 3.58. The zero-order valence-corrected chi connectivity index (χ0v) is 27.3. The van der Waals surface area contributed by atoms with E-state index in [4.69, 9.17) is 20.1 Å². The number of carbonyl (C=O) groups is 3. The van der Waals surface area contributed by atoms with E-state index >= 15 is 0 Å². The van der Waals surface area contributed by atoms with Gasteiger partial charge in [-0.15, -0.1) is 0 Å². The normalized spacial score (nSPS) is 12.8. The molecule has 0 bridgehead atoms. The van der Waals surface area contributed by atoms with Gasteiger partial charge in [-0.3, -0.25) is 14.4 Å². The molecule has 2 aliphatic rings. The molecule has 7 nitrogen and oxygen atoms in total. The molecule has 2 aromatic carbocycles. The van der Waals surface area contributed by atoms with Crippen molar-refractivity contribution in [1.82, 2.24) is 0 Å². The van der Waals surface area contributed by atoms with Crippen molar-refractivity contribution in [2.75, 3.05) is 0 Å². The van der Waals surface area contributed by atoms with Crippen molar-refractivity contribution in [2.45, 2.75) is 37.4 Å². The maximum Gasteiger partial charge on any atom is 1.00 e. The fourth-order valence-electron chi connectivity index (χ4n) is 2.56. The summed E-state index contributed by atoms with van der Waals surface area (Å²) in [5.74, 6) is -2.47. The number of hydrogen-bond donors (Lipinski definition) is 2. The standard InChI is InChI=1S/C10H8F2O.C7H3BrF2O.C3H7BO2.CH2O3.2K.H/c11-8-3-7(5-13)10(6-1-2-6)9(12)4-8;8-7-4(3-11)1-5(9)2-6(7)10;5-4(6)3-1-2-3;2-1-4-3;;;/h3-6H,1-2H2;1-3H;3,5-6H,1-2H2;1,3H;;;/q;;;;2*+1;-1/p-1. The fourth-order valence-corrected chi connectivity index (χ4v) is 2.88. The number of hydrogen-bond acceptors (Lipinski definition) is 7. The Hall–Kier alpha value is 0.668. The van der Waals surface area contributed by atoms with Crippen LogP contribution in [0.25, 0.3) is 0 Å². The average molecular weight is 629 g/mol. The Labute approximate surface area is 299 Å². The summed E-state index contributed by atoms with van der Waals surface area (Å²) in [5.41, 5.74) is 0.513. The van der Waals surface area contributed by atoms with Crippen LogP contribution in [-0.4, -0.2) is 36.2 Å². The Balaban J connectivity index is -0.000000439. The van der Waals surface area contributed by atoms with Crippen molar-refractivity contribution in [2.24, 2.45) is 0 Å². The summed E-state index contributed by atoms with van der Waals surface area (Å²) in [5, 5.41) is 24.9. The largest absolute Gasteiger partial charge is 1.00 e. The first-order chi connectivity index (χ1) is 16.1. The third kappa shape index (κ3) is 14.7. The van der Waals surface area contributed by atoms with Gasteiger partial charge in [-0.1, -0.05) is 12.8 Å². The molecule has 0 unspecified atom stereocenters. The summed E-state index contributed by atoms with van der Waals surface area (Å²) < 4.78 is 50.8. The summed E-state index contributed by atoms with van der Waals surface area (Å²) in [6.07, 6.45) is 4.68. The third-order valence-electron chi connectivity index (χ3n) is 4.47. The van der Waals surface area contributed by atoms with E-state index < -0.39 is 30.4 Å². The van der Waals surface area contributed by atoms with Crippen LogP contribution in [0.1, 0.15) is 59.3 Å². The van der Waals surface area contributed by atoms with Gasteiger partial charge in [0.2, 0.25) is 0 Å². The average Bonchev–Trinajstić information content (AvgIpc) is 3.69. The first-order valence-corrected chi connectivity index (χ1v) is 10.5. The molecule has 4 rings (SSSR count). The van der Waals surface area contributed by atoms with E-state index in [1.54, 1.807) is 0 Å². The number of carbonyl (C=O) groups excluding carboxylic acids is 3. The summed E-state index contributed by atoms with van der Waals surface area (Å²) >= 11 is 2.80. The first-order valence-electron chi connectivity index (χ1n) is 9.71. The van der Waals surface area contributed by atoms with Crippen molar-refractivity contribution in [1.29, 1.82) is 0 Å². The second-order valence-corrected chi connectivity index (χ2v) is 7.93.